The number of alkyl carbamates (subject to hydrolysis) is 1. The number of halogens is 1. The van der Waals surface area contributed by atoms with Crippen LogP contribution in [0.2, 0.25) is 5.02 Å². The zero-order chi connectivity index (χ0) is 29.0. The largest absolute Gasteiger partial charge is 0.444 e. The van der Waals surface area contributed by atoms with Crippen LogP contribution in [0.15, 0.2) is 48.5 Å². The molecule has 0 radical (unpaired) electrons. The summed E-state index contributed by atoms with van der Waals surface area (Å²) in [5, 5.41) is 15.9. The third kappa shape index (κ3) is 10.2. The Balaban J connectivity index is 2.45. The molecule has 3 amide bonds. The molecule has 0 saturated carbocycles. The van der Waals surface area contributed by atoms with Crippen molar-refractivity contribution in [3.05, 3.63) is 64.7 Å². The van der Waals surface area contributed by atoms with Crippen molar-refractivity contribution in [3.8, 4) is 0 Å². The molecule has 0 aliphatic carbocycles. The molecule has 0 spiro atoms. The average Bonchev–Trinajstić information content (AvgIpc) is 2.87. The van der Waals surface area contributed by atoms with E-state index in [0.29, 0.717) is 22.7 Å². The summed E-state index contributed by atoms with van der Waals surface area (Å²) >= 11 is 6.39. The molecule has 0 bridgehead atoms. The maximum absolute atomic E-state index is 13.9. The number of nitrogens with one attached hydrogen (secondary N) is 2. The molecule has 0 heterocycles. The summed E-state index contributed by atoms with van der Waals surface area (Å²) in [7, 11) is 0. The van der Waals surface area contributed by atoms with E-state index in [9.17, 15) is 19.5 Å². The number of amides is 3. The molecule has 2 unspecified atom stereocenters. The summed E-state index contributed by atoms with van der Waals surface area (Å²) in [6.07, 6.45) is 3.83. The first kappa shape index (κ1) is 32.1. The molecule has 3 N–H and O–H groups in total. The van der Waals surface area contributed by atoms with Crippen molar-refractivity contribution in [2.24, 2.45) is 0 Å². The normalized spacial score (nSPS) is 12.8. The lowest BCUT2D eigenvalue weighted by Gasteiger charge is -2.34. The lowest BCUT2D eigenvalue weighted by molar-refractivity contribution is -0.141. The van der Waals surface area contributed by atoms with E-state index >= 15 is 0 Å². The van der Waals surface area contributed by atoms with Gasteiger partial charge in [-0.05, 0) is 51.3 Å². The molecule has 214 valence electrons. The summed E-state index contributed by atoms with van der Waals surface area (Å²) in [5.41, 5.74) is 1.05. The lowest BCUT2D eigenvalue weighted by atomic mass is 10.0. The standard InChI is InChI=1S/C30H42ClN3O5/c1-6-7-8-9-13-19-34(28(37)24(20-35)32-29(38)39-30(3,4)5)26(22-16-11-10-12-17-22)27(36)33-25-21(2)15-14-18-23(25)31/h10-12,14-18,24,26,35H,6-9,13,19-20H2,1-5H3,(H,32,38)(H,33,36). The van der Waals surface area contributed by atoms with Gasteiger partial charge in [0.1, 0.15) is 17.7 Å². The molecule has 0 saturated heterocycles. The van der Waals surface area contributed by atoms with Gasteiger partial charge in [0.15, 0.2) is 0 Å². The molecular formula is C30H42ClN3O5. The molecule has 9 heteroatoms. The van der Waals surface area contributed by atoms with Gasteiger partial charge in [0.05, 0.1) is 17.3 Å². The van der Waals surface area contributed by atoms with Crippen LogP contribution in [0.3, 0.4) is 0 Å². The van der Waals surface area contributed by atoms with Crippen LogP contribution in [0.5, 0.6) is 0 Å². The summed E-state index contributed by atoms with van der Waals surface area (Å²) in [6, 6.07) is 12.0. The number of hydrogen-bond donors (Lipinski definition) is 3. The smallest absolute Gasteiger partial charge is 0.408 e. The van der Waals surface area contributed by atoms with Gasteiger partial charge in [-0.3, -0.25) is 9.59 Å². The van der Waals surface area contributed by atoms with Gasteiger partial charge in [0, 0.05) is 6.54 Å². The number of unbranched alkanes of at least 4 members (excludes halogenated alkanes) is 4. The first-order valence-corrected chi connectivity index (χ1v) is 13.9. The molecular weight excluding hydrogens is 518 g/mol. The number of aliphatic hydroxyl groups excluding tert-OH is 1. The highest BCUT2D eigenvalue weighted by Gasteiger charge is 2.36. The van der Waals surface area contributed by atoms with Crippen LogP contribution < -0.4 is 10.6 Å². The molecule has 39 heavy (non-hydrogen) atoms. The molecule has 0 aliphatic heterocycles. The number of carbonyl (C=O) groups excluding carboxylic acids is 3. The highest BCUT2D eigenvalue weighted by molar-refractivity contribution is 6.34. The minimum Gasteiger partial charge on any atom is -0.444 e. The SMILES string of the molecule is CCCCCCCN(C(=O)C(CO)NC(=O)OC(C)(C)C)C(C(=O)Nc1c(C)cccc1Cl)c1ccccc1. The van der Waals surface area contributed by atoms with E-state index in [1.165, 1.54) is 4.90 Å². The number of anilines is 1. The second-order valence-corrected chi connectivity index (χ2v) is 11.0. The molecule has 0 aliphatic rings. The topological polar surface area (TPSA) is 108 Å². The summed E-state index contributed by atoms with van der Waals surface area (Å²) in [5.74, 6) is -1.04. The zero-order valence-electron chi connectivity index (χ0n) is 23.6. The zero-order valence-corrected chi connectivity index (χ0v) is 24.4. The predicted octanol–water partition coefficient (Wildman–Crippen LogP) is 6.01. The number of para-hydroxylation sites is 1. The van der Waals surface area contributed by atoms with Crippen LogP contribution in [0.25, 0.3) is 0 Å². The Morgan fingerprint density at radius 1 is 1.00 bits per heavy atom. The molecule has 0 fully saturated rings. The molecule has 2 aromatic carbocycles. The van der Waals surface area contributed by atoms with Gasteiger partial charge in [0.2, 0.25) is 5.91 Å². The van der Waals surface area contributed by atoms with E-state index < -0.39 is 42.2 Å². The molecule has 2 rings (SSSR count). The van der Waals surface area contributed by atoms with Gasteiger partial charge in [-0.15, -0.1) is 0 Å². The second-order valence-electron chi connectivity index (χ2n) is 10.6. The highest BCUT2D eigenvalue weighted by atomic mass is 35.5. The van der Waals surface area contributed by atoms with Crippen molar-refractivity contribution in [2.75, 3.05) is 18.5 Å². The number of carbonyl (C=O) groups is 3. The molecule has 2 atom stereocenters. The predicted molar refractivity (Wildman–Crippen MR) is 155 cm³/mol. The van der Waals surface area contributed by atoms with Crippen molar-refractivity contribution in [1.29, 1.82) is 0 Å². The van der Waals surface area contributed by atoms with Crippen molar-refractivity contribution in [2.45, 2.75) is 84.4 Å². The van der Waals surface area contributed by atoms with E-state index in [1.54, 1.807) is 57.2 Å². The Hall–Kier alpha value is -3.10. The maximum atomic E-state index is 13.9. The summed E-state index contributed by atoms with van der Waals surface area (Å²) < 4.78 is 5.30. The van der Waals surface area contributed by atoms with Gasteiger partial charge < -0.3 is 25.4 Å². The Morgan fingerprint density at radius 3 is 2.26 bits per heavy atom. The van der Waals surface area contributed by atoms with E-state index in [4.69, 9.17) is 16.3 Å². The van der Waals surface area contributed by atoms with Crippen molar-refractivity contribution < 1.29 is 24.2 Å². The van der Waals surface area contributed by atoms with Crippen LogP contribution in [0.4, 0.5) is 10.5 Å². The van der Waals surface area contributed by atoms with Gasteiger partial charge in [-0.25, -0.2) is 4.79 Å². The monoisotopic (exact) mass is 559 g/mol. The molecule has 2 aromatic rings. The lowest BCUT2D eigenvalue weighted by Crippen LogP contribution is -2.54. The van der Waals surface area contributed by atoms with Gasteiger partial charge in [0.25, 0.3) is 5.91 Å². The minimum atomic E-state index is -1.29. The van der Waals surface area contributed by atoms with E-state index in [2.05, 4.69) is 17.6 Å². The van der Waals surface area contributed by atoms with Crippen LogP contribution in [-0.4, -0.2) is 52.7 Å². The Kier molecular flexibility index (Phi) is 12.7. The van der Waals surface area contributed by atoms with Gasteiger partial charge in [-0.1, -0.05) is 86.7 Å². The number of benzene rings is 2. The Bertz CT molecular complexity index is 1070. The third-order valence-electron chi connectivity index (χ3n) is 6.10. The Morgan fingerprint density at radius 2 is 1.67 bits per heavy atom. The fourth-order valence-corrected chi connectivity index (χ4v) is 4.45. The number of nitrogens with zero attached hydrogens (tertiary/aromatic N) is 1. The van der Waals surface area contributed by atoms with Crippen molar-refractivity contribution in [3.63, 3.8) is 0 Å². The van der Waals surface area contributed by atoms with Crippen LogP contribution in [-0.2, 0) is 14.3 Å². The fraction of sp³-hybridized carbons (Fsp3) is 0.500. The number of ether oxygens (including phenoxy) is 1. The van der Waals surface area contributed by atoms with Gasteiger partial charge in [-0.2, -0.15) is 0 Å². The van der Waals surface area contributed by atoms with E-state index in [1.807, 2.05) is 19.1 Å². The third-order valence-corrected chi connectivity index (χ3v) is 6.42. The average molecular weight is 560 g/mol. The minimum absolute atomic E-state index is 0.254. The Labute approximate surface area is 237 Å². The van der Waals surface area contributed by atoms with Crippen LogP contribution in [0, 0.1) is 6.92 Å². The number of rotatable bonds is 13. The summed E-state index contributed by atoms with van der Waals surface area (Å²) in [6.45, 7) is 8.67. The van der Waals surface area contributed by atoms with Crippen molar-refractivity contribution in [1.82, 2.24) is 10.2 Å². The molecule has 0 aromatic heterocycles. The number of hydrogen-bond acceptors (Lipinski definition) is 5. The van der Waals surface area contributed by atoms with Crippen LogP contribution in [0.1, 0.15) is 77.0 Å². The highest BCUT2D eigenvalue weighted by Crippen LogP contribution is 2.29. The first-order valence-electron chi connectivity index (χ1n) is 13.5. The number of aryl methyl sites for hydroxylation is 1. The van der Waals surface area contributed by atoms with Crippen molar-refractivity contribution >= 4 is 35.2 Å². The summed E-state index contributed by atoms with van der Waals surface area (Å²) in [4.78, 5) is 41.7. The second kappa shape index (κ2) is 15.5. The maximum Gasteiger partial charge on any atom is 0.408 e. The number of aliphatic hydroxyl groups is 1. The quantitative estimate of drug-likeness (QED) is 0.260. The molecule has 8 nitrogen and oxygen atoms in total. The van der Waals surface area contributed by atoms with E-state index in [0.717, 1.165) is 31.2 Å². The van der Waals surface area contributed by atoms with E-state index in [-0.39, 0.29) is 6.54 Å². The fourth-order valence-electron chi connectivity index (χ4n) is 4.18. The van der Waals surface area contributed by atoms with Gasteiger partial charge >= 0.3 is 6.09 Å². The van der Waals surface area contributed by atoms with Crippen LogP contribution >= 0.6 is 11.6 Å². The first-order chi connectivity index (χ1) is 18.5.